The fraction of sp³-hybridized carbons (Fsp3) is 0.200. The van der Waals surface area contributed by atoms with E-state index in [1.54, 1.807) is 37.8 Å². The van der Waals surface area contributed by atoms with Gasteiger partial charge in [-0.2, -0.15) is 0 Å². The summed E-state index contributed by atoms with van der Waals surface area (Å²) in [7, 11) is 3.10. The number of carbonyl (C=O) groups is 1. The largest absolute Gasteiger partial charge is 0.497 e. The third-order valence-corrected chi connectivity index (χ3v) is 4.17. The molecule has 0 fully saturated rings. The fourth-order valence-corrected chi connectivity index (χ4v) is 2.72. The van der Waals surface area contributed by atoms with E-state index in [0.717, 1.165) is 11.3 Å². The van der Waals surface area contributed by atoms with Crippen LogP contribution in [0.4, 0.5) is 0 Å². The van der Waals surface area contributed by atoms with Gasteiger partial charge in [0.05, 0.1) is 32.2 Å². The summed E-state index contributed by atoms with van der Waals surface area (Å²) in [6.45, 7) is 1.94. The van der Waals surface area contributed by atoms with Crippen molar-refractivity contribution in [2.75, 3.05) is 14.2 Å². The summed E-state index contributed by atoms with van der Waals surface area (Å²) in [4.78, 5) is 16.8. The first-order valence-corrected chi connectivity index (χ1v) is 8.23. The molecule has 0 aliphatic carbocycles. The van der Waals surface area contributed by atoms with Crippen LogP contribution in [-0.4, -0.2) is 29.7 Å². The number of hydrogen-bond donors (Lipinski definition) is 1. The molecule has 1 atom stereocenters. The number of hydrogen-bond acceptors (Lipinski definition) is 4. The SMILES string of the molecule is COc1ccc(OC)c(C(=O)N[C@@H](C)c2cccc(-n3ccnc3)c2)c1. The van der Waals surface area contributed by atoms with E-state index in [9.17, 15) is 4.79 Å². The van der Waals surface area contributed by atoms with E-state index in [1.807, 2.05) is 42.0 Å². The molecule has 0 radical (unpaired) electrons. The average molecular weight is 351 g/mol. The van der Waals surface area contributed by atoms with E-state index < -0.39 is 0 Å². The Hall–Kier alpha value is -3.28. The molecule has 1 aromatic heterocycles. The minimum absolute atomic E-state index is 0.179. The Balaban J connectivity index is 1.81. The minimum Gasteiger partial charge on any atom is -0.497 e. The molecular weight excluding hydrogens is 330 g/mol. The van der Waals surface area contributed by atoms with Crippen molar-refractivity contribution in [2.24, 2.45) is 0 Å². The number of imidazole rings is 1. The van der Waals surface area contributed by atoms with Crippen LogP contribution in [0.1, 0.15) is 28.9 Å². The van der Waals surface area contributed by atoms with Crippen molar-refractivity contribution in [3.05, 3.63) is 72.3 Å². The summed E-state index contributed by atoms with van der Waals surface area (Å²) >= 11 is 0. The summed E-state index contributed by atoms with van der Waals surface area (Å²) in [5.41, 5.74) is 2.41. The minimum atomic E-state index is -0.221. The van der Waals surface area contributed by atoms with Gasteiger partial charge in [-0.25, -0.2) is 4.98 Å². The monoisotopic (exact) mass is 351 g/mol. The van der Waals surface area contributed by atoms with Gasteiger partial charge in [-0.1, -0.05) is 12.1 Å². The predicted octanol–water partition coefficient (Wildman–Crippen LogP) is 3.38. The average Bonchev–Trinajstić information content (AvgIpc) is 3.22. The second-order valence-corrected chi connectivity index (χ2v) is 5.83. The maximum atomic E-state index is 12.7. The van der Waals surface area contributed by atoms with Crippen molar-refractivity contribution < 1.29 is 14.3 Å². The molecule has 0 spiro atoms. The summed E-state index contributed by atoms with van der Waals surface area (Å²) < 4.78 is 12.4. The zero-order valence-corrected chi connectivity index (χ0v) is 15.0. The molecule has 1 amide bonds. The molecule has 3 aromatic rings. The molecule has 1 N–H and O–H groups in total. The van der Waals surface area contributed by atoms with Crippen molar-refractivity contribution >= 4 is 5.91 Å². The first-order valence-electron chi connectivity index (χ1n) is 8.23. The summed E-state index contributed by atoms with van der Waals surface area (Å²) in [5.74, 6) is 0.884. The van der Waals surface area contributed by atoms with Crippen LogP contribution in [0.5, 0.6) is 11.5 Å². The summed E-state index contributed by atoms with van der Waals surface area (Å²) in [5, 5.41) is 3.01. The first kappa shape index (κ1) is 17.5. The standard InChI is InChI=1S/C20H21N3O3/c1-14(15-5-4-6-16(11-15)23-10-9-21-13-23)22-20(24)18-12-17(25-2)7-8-19(18)26-3/h4-14H,1-3H3,(H,22,24)/t14-/m0/s1. The highest BCUT2D eigenvalue weighted by atomic mass is 16.5. The Labute approximate surface area is 152 Å². The van der Waals surface area contributed by atoms with Crippen molar-refractivity contribution in [1.29, 1.82) is 0 Å². The molecule has 0 aliphatic rings. The Kier molecular flexibility index (Phi) is 5.22. The lowest BCUT2D eigenvalue weighted by Crippen LogP contribution is -2.27. The highest BCUT2D eigenvalue weighted by Gasteiger charge is 2.17. The number of nitrogens with zero attached hydrogens (tertiary/aromatic N) is 2. The number of ether oxygens (including phenoxy) is 2. The van der Waals surface area contributed by atoms with Gasteiger partial charge in [-0.3, -0.25) is 4.79 Å². The number of rotatable bonds is 6. The molecule has 6 nitrogen and oxygen atoms in total. The zero-order chi connectivity index (χ0) is 18.5. The Morgan fingerprint density at radius 2 is 2.00 bits per heavy atom. The molecule has 0 aliphatic heterocycles. The van der Waals surface area contributed by atoms with E-state index >= 15 is 0 Å². The number of carbonyl (C=O) groups excluding carboxylic acids is 1. The highest BCUT2D eigenvalue weighted by molar-refractivity contribution is 5.97. The second kappa shape index (κ2) is 7.74. The highest BCUT2D eigenvalue weighted by Crippen LogP contribution is 2.25. The lowest BCUT2D eigenvalue weighted by Gasteiger charge is -2.17. The van der Waals surface area contributed by atoms with Crippen LogP contribution in [0.3, 0.4) is 0 Å². The van der Waals surface area contributed by atoms with Crippen LogP contribution in [0.2, 0.25) is 0 Å². The van der Waals surface area contributed by atoms with Crippen LogP contribution in [-0.2, 0) is 0 Å². The molecule has 0 saturated heterocycles. The maximum Gasteiger partial charge on any atom is 0.255 e. The molecule has 0 bridgehead atoms. The number of amides is 1. The second-order valence-electron chi connectivity index (χ2n) is 5.83. The zero-order valence-electron chi connectivity index (χ0n) is 15.0. The number of nitrogens with one attached hydrogen (secondary N) is 1. The van der Waals surface area contributed by atoms with E-state index in [1.165, 1.54) is 7.11 Å². The van der Waals surface area contributed by atoms with Gasteiger partial charge in [-0.15, -0.1) is 0 Å². The number of benzene rings is 2. The third kappa shape index (κ3) is 3.69. The Morgan fingerprint density at radius 1 is 1.15 bits per heavy atom. The van der Waals surface area contributed by atoms with E-state index in [2.05, 4.69) is 10.3 Å². The van der Waals surface area contributed by atoms with Crippen LogP contribution < -0.4 is 14.8 Å². The normalized spacial score (nSPS) is 11.7. The summed E-state index contributed by atoms with van der Waals surface area (Å²) in [6.07, 6.45) is 5.35. The van der Waals surface area contributed by atoms with Crippen LogP contribution in [0.25, 0.3) is 5.69 Å². The number of methoxy groups -OCH3 is 2. The molecule has 0 unspecified atom stereocenters. The molecule has 3 rings (SSSR count). The van der Waals surface area contributed by atoms with Gasteiger partial charge in [0, 0.05) is 18.1 Å². The van der Waals surface area contributed by atoms with Crippen LogP contribution >= 0.6 is 0 Å². The molecule has 26 heavy (non-hydrogen) atoms. The molecule has 6 heteroatoms. The van der Waals surface area contributed by atoms with E-state index in [4.69, 9.17) is 9.47 Å². The van der Waals surface area contributed by atoms with Gasteiger partial charge < -0.3 is 19.4 Å². The number of aromatic nitrogens is 2. The van der Waals surface area contributed by atoms with Crippen molar-refractivity contribution in [2.45, 2.75) is 13.0 Å². The fourth-order valence-electron chi connectivity index (χ4n) is 2.72. The van der Waals surface area contributed by atoms with Crippen molar-refractivity contribution in [1.82, 2.24) is 14.9 Å². The quantitative estimate of drug-likeness (QED) is 0.739. The topological polar surface area (TPSA) is 65.4 Å². The Morgan fingerprint density at radius 3 is 2.69 bits per heavy atom. The molecular formula is C20H21N3O3. The first-order chi connectivity index (χ1) is 12.6. The van der Waals surface area contributed by atoms with Crippen molar-refractivity contribution in [3.63, 3.8) is 0 Å². The van der Waals surface area contributed by atoms with Crippen LogP contribution in [0, 0.1) is 0 Å². The van der Waals surface area contributed by atoms with Gasteiger partial charge in [0.15, 0.2) is 0 Å². The lowest BCUT2D eigenvalue weighted by molar-refractivity contribution is 0.0936. The lowest BCUT2D eigenvalue weighted by atomic mass is 10.1. The smallest absolute Gasteiger partial charge is 0.255 e. The maximum absolute atomic E-state index is 12.7. The van der Waals surface area contributed by atoms with Gasteiger partial charge >= 0.3 is 0 Å². The molecule has 134 valence electrons. The Bertz CT molecular complexity index is 891. The van der Waals surface area contributed by atoms with Gasteiger partial charge in [0.1, 0.15) is 11.5 Å². The van der Waals surface area contributed by atoms with Crippen molar-refractivity contribution in [3.8, 4) is 17.2 Å². The van der Waals surface area contributed by atoms with Gasteiger partial charge in [0.25, 0.3) is 5.91 Å². The third-order valence-electron chi connectivity index (χ3n) is 4.17. The van der Waals surface area contributed by atoms with E-state index in [-0.39, 0.29) is 11.9 Å². The van der Waals surface area contributed by atoms with Crippen LogP contribution in [0.15, 0.2) is 61.2 Å². The van der Waals surface area contributed by atoms with Gasteiger partial charge in [-0.05, 0) is 42.8 Å². The van der Waals surface area contributed by atoms with Gasteiger partial charge in [0.2, 0.25) is 0 Å². The summed E-state index contributed by atoms with van der Waals surface area (Å²) in [6, 6.07) is 12.9. The molecule has 2 aromatic carbocycles. The molecule has 1 heterocycles. The van der Waals surface area contributed by atoms with E-state index in [0.29, 0.717) is 17.1 Å². The predicted molar refractivity (Wildman–Crippen MR) is 99.0 cm³/mol. The molecule has 0 saturated carbocycles.